The first-order valence-electron chi connectivity index (χ1n) is 9.21. The maximum Gasteiger partial charge on any atom is 0.337 e. The van der Waals surface area contributed by atoms with Gasteiger partial charge in [0.2, 0.25) is 11.0 Å². The van der Waals surface area contributed by atoms with E-state index in [9.17, 15) is 19.8 Å². The number of hydrogen-bond donors (Lipinski definition) is 1. The smallest absolute Gasteiger partial charge is 0.337 e. The minimum Gasteiger partial charge on any atom is -0.545 e. The monoisotopic (exact) mass is 465 g/mol. The predicted molar refractivity (Wildman–Crippen MR) is 119 cm³/mol. The number of fused-ring (bicyclic) bond motifs is 2. The van der Waals surface area contributed by atoms with E-state index in [1.165, 1.54) is 0 Å². The summed E-state index contributed by atoms with van der Waals surface area (Å²) in [6.07, 6.45) is 0. The minimum atomic E-state index is -1.23. The third-order valence-electron chi connectivity index (χ3n) is 5.44. The largest absolute Gasteiger partial charge is 0.545 e. The molecule has 0 aliphatic carbocycles. The first kappa shape index (κ1) is 21.5. The van der Waals surface area contributed by atoms with Crippen LogP contribution in [0.25, 0.3) is 32.9 Å². The number of carbonyl (C=O) groups is 2. The Morgan fingerprint density at radius 2 is 1.53 bits per heavy atom. The molecule has 0 saturated carbocycles. The van der Waals surface area contributed by atoms with Gasteiger partial charge in [0.15, 0.2) is 0 Å². The van der Waals surface area contributed by atoms with E-state index < -0.39 is 11.9 Å². The van der Waals surface area contributed by atoms with Gasteiger partial charge < -0.3 is 15.0 Å². The van der Waals surface area contributed by atoms with Crippen LogP contribution in [0.4, 0.5) is 0 Å². The third-order valence-corrected chi connectivity index (χ3v) is 5.44. The van der Waals surface area contributed by atoms with E-state index in [0.717, 1.165) is 33.3 Å². The van der Waals surface area contributed by atoms with E-state index in [4.69, 9.17) is 0 Å². The molecule has 6 heteroatoms. The van der Waals surface area contributed by atoms with Crippen LogP contribution in [0.5, 0.6) is 0 Å². The number of aromatic nitrogens is 1. The van der Waals surface area contributed by atoms with Gasteiger partial charge in [-0.15, -0.1) is 17.0 Å². The van der Waals surface area contributed by atoms with Gasteiger partial charge in [-0.1, -0.05) is 24.3 Å². The van der Waals surface area contributed by atoms with Crippen molar-refractivity contribution in [2.75, 3.05) is 0 Å². The molecule has 0 aliphatic rings. The van der Waals surface area contributed by atoms with Gasteiger partial charge >= 0.3 is 5.97 Å². The highest BCUT2D eigenvalue weighted by Crippen LogP contribution is 2.37. The third kappa shape index (κ3) is 3.23. The lowest BCUT2D eigenvalue weighted by atomic mass is 9.88. The van der Waals surface area contributed by atoms with Crippen LogP contribution in [0, 0.1) is 13.8 Å². The van der Waals surface area contributed by atoms with Crippen LogP contribution in [0.3, 0.4) is 0 Å². The molecule has 5 nitrogen and oxygen atoms in total. The van der Waals surface area contributed by atoms with Crippen molar-refractivity contribution in [3.05, 3.63) is 76.9 Å². The van der Waals surface area contributed by atoms with Crippen molar-refractivity contribution < 1.29 is 24.4 Å². The average Bonchev–Trinajstić information content (AvgIpc) is 2.67. The van der Waals surface area contributed by atoms with E-state index in [2.05, 4.69) is 0 Å². The molecule has 0 unspecified atom stereocenters. The van der Waals surface area contributed by atoms with E-state index in [1.807, 2.05) is 67.9 Å². The molecule has 0 aliphatic heterocycles. The minimum absolute atomic E-state index is 0. The number of carbonyl (C=O) groups excluding carboxylic acids is 1. The molecule has 0 amide bonds. The number of para-hydroxylation sites is 1. The molecule has 152 valence electrons. The Hall–Kier alpha value is -3.25. The van der Waals surface area contributed by atoms with Gasteiger partial charge in [-0.25, -0.2) is 4.79 Å². The molecule has 4 rings (SSSR count). The van der Waals surface area contributed by atoms with Gasteiger partial charge in [0.05, 0.1) is 22.3 Å². The van der Waals surface area contributed by atoms with Crippen molar-refractivity contribution in [3.63, 3.8) is 0 Å². The number of carboxylic acid groups (broad SMARTS) is 2. The van der Waals surface area contributed by atoms with Crippen LogP contribution in [0.1, 0.15) is 31.8 Å². The normalized spacial score (nSPS) is 10.8. The van der Waals surface area contributed by atoms with Crippen LogP contribution >= 0.6 is 17.0 Å². The van der Waals surface area contributed by atoms with Gasteiger partial charge in [-0.2, -0.15) is 4.57 Å². The second-order valence-electron chi connectivity index (χ2n) is 7.23. The number of nitrogens with zero attached hydrogens (tertiary/aromatic N) is 1. The maximum absolute atomic E-state index is 12.3. The van der Waals surface area contributed by atoms with E-state index >= 15 is 0 Å². The Kier molecular flexibility index (Phi) is 5.63. The fourth-order valence-electron chi connectivity index (χ4n) is 4.26. The van der Waals surface area contributed by atoms with Gasteiger partial charge in [0.1, 0.15) is 7.05 Å². The molecule has 1 heterocycles. The number of rotatable bonds is 3. The summed E-state index contributed by atoms with van der Waals surface area (Å²) in [4.78, 5) is 23.6. The highest BCUT2D eigenvalue weighted by atomic mass is 79.9. The van der Waals surface area contributed by atoms with E-state index in [-0.39, 0.29) is 28.1 Å². The second kappa shape index (κ2) is 7.88. The average molecular weight is 466 g/mol. The first-order chi connectivity index (χ1) is 13.8. The van der Waals surface area contributed by atoms with Crippen LogP contribution in [0.2, 0.25) is 0 Å². The number of benzene rings is 3. The SMILES string of the molecule is Br.Cc1cc(C(=O)[O-])cc(C)c1-c1cccc2c1c(C(=O)O)c1ccccc1[n+]2C. The number of pyridine rings is 1. The molecular formula is C24H20BrNO4. The summed E-state index contributed by atoms with van der Waals surface area (Å²) in [6, 6.07) is 16.2. The topological polar surface area (TPSA) is 81.3 Å². The fourth-order valence-corrected chi connectivity index (χ4v) is 4.26. The summed E-state index contributed by atoms with van der Waals surface area (Å²) in [5.74, 6) is -2.23. The molecule has 30 heavy (non-hydrogen) atoms. The van der Waals surface area contributed by atoms with Gasteiger partial charge in [0.25, 0.3) is 0 Å². The lowest BCUT2D eigenvalue weighted by Crippen LogP contribution is -2.31. The van der Waals surface area contributed by atoms with Crippen molar-refractivity contribution >= 4 is 50.7 Å². The Balaban J connectivity index is 0.00000256. The first-order valence-corrected chi connectivity index (χ1v) is 9.21. The lowest BCUT2D eigenvalue weighted by molar-refractivity contribution is -0.617. The van der Waals surface area contributed by atoms with E-state index in [0.29, 0.717) is 10.8 Å². The van der Waals surface area contributed by atoms with Crippen molar-refractivity contribution in [2.24, 2.45) is 7.05 Å². The van der Waals surface area contributed by atoms with Crippen LogP contribution in [-0.2, 0) is 7.05 Å². The van der Waals surface area contributed by atoms with Gasteiger partial charge in [0, 0.05) is 12.1 Å². The highest BCUT2D eigenvalue weighted by Gasteiger charge is 2.25. The quantitative estimate of drug-likeness (QED) is 0.369. The molecule has 0 atom stereocenters. The standard InChI is InChI=1S/C24H19NO4.BrH/c1-13-11-15(23(26)27)12-14(2)20(13)17-8-6-10-19-21(17)22(24(28)29)16-7-4-5-9-18(16)25(19)3;/h4-12H,1-3H3,(H-,26,27,28,29);1H. The van der Waals surface area contributed by atoms with Crippen molar-refractivity contribution in [1.82, 2.24) is 0 Å². The Labute approximate surface area is 184 Å². The number of aryl methyl sites for hydroxylation is 3. The summed E-state index contributed by atoms with van der Waals surface area (Å²) in [7, 11) is 1.92. The van der Waals surface area contributed by atoms with Gasteiger partial charge in [-0.3, -0.25) is 0 Å². The summed E-state index contributed by atoms with van der Waals surface area (Å²) in [5, 5.41) is 22.7. The zero-order valence-electron chi connectivity index (χ0n) is 16.7. The molecule has 1 N–H and O–H groups in total. The molecule has 0 saturated heterocycles. The van der Waals surface area contributed by atoms with Crippen molar-refractivity contribution in [3.8, 4) is 11.1 Å². The number of carboxylic acids is 2. The van der Waals surface area contributed by atoms with Crippen molar-refractivity contribution in [2.45, 2.75) is 13.8 Å². The van der Waals surface area contributed by atoms with E-state index in [1.54, 1.807) is 12.1 Å². The Morgan fingerprint density at radius 1 is 0.933 bits per heavy atom. The highest BCUT2D eigenvalue weighted by molar-refractivity contribution is 8.93. The van der Waals surface area contributed by atoms with Crippen molar-refractivity contribution in [1.29, 1.82) is 0 Å². The summed E-state index contributed by atoms with van der Waals surface area (Å²) in [5.41, 5.74) is 5.08. The lowest BCUT2D eigenvalue weighted by Gasteiger charge is -2.16. The zero-order valence-corrected chi connectivity index (χ0v) is 18.4. The molecule has 0 spiro atoms. The summed E-state index contributed by atoms with van der Waals surface area (Å²) in [6.45, 7) is 3.66. The second-order valence-corrected chi connectivity index (χ2v) is 7.23. The number of hydrogen-bond acceptors (Lipinski definition) is 3. The van der Waals surface area contributed by atoms with Gasteiger partial charge in [-0.05, 0) is 59.9 Å². The Morgan fingerprint density at radius 3 is 2.13 bits per heavy atom. The molecule has 0 bridgehead atoms. The molecule has 3 aromatic carbocycles. The maximum atomic E-state index is 12.3. The van der Waals surface area contributed by atoms with Crippen LogP contribution < -0.4 is 9.67 Å². The zero-order chi connectivity index (χ0) is 20.9. The molecule has 0 radical (unpaired) electrons. The number of aromatic carboxylic acids is 2. The Bertz CT molecular complexity index is 1320. The molecule has 4 aromatic rings. The molecule has 1 aromatic heterocycles. The van der Waals surface area contributed by atoms with Crippen LogP contribution in [0.15, 0.2) is 54.6 Å². The van der Waals surface area contributed by atoms with Crippen LogP contribution in [-0.4, -0.2) is 17.0 Å². The molecular weight excluding hydrogens is 446 g/mol. The predicted octanol–water partition coefficient (Wildman–Crippen LogP) is 3.74. The summed E-state index contributed by atoms with van der Waals surface area (Å²) < 4.78 is 1.99. The molecule has 0 fully saturated rings. The number of halogens is 1. The fraction of sp³-hybridized carbons (Fsp3) is 0.125. The summed E-state index contributed by atoms with van der Waals surface area (Å²) >= 11 is 0.